The number of hydrogen-bond donors (Lipinski definition) is 3. The van der Waals surface area contributed by atoms with Crippen LogP contribution in [0.2, 0.25) is 0 Å². The highest BCUT2D eigenvalue weighted by Gasteiger charge is 2.46. The predicted octanol–water partition coefficient (Wildman–Crippen LogP) is -0.795. The van der Waals surface area contributed by atoms with Crippen LogP contribution in [-0.4, -0.2) is 38.1 Å². The van der Waals surface area contributed by atoms with Gasteiger partial charge in [0.2, 0.25) is 0 Å². The second-order valence-electron chi connectivity index (χ2n) is 3.89. The fourth-order valence-electron chi connectivity index (χ4n) is 1.76. The number of aliphatic hydroxyl groups is 2. The van der Waals surface area contributed by atoms with Crippen LogP contribution in [0.4, 0.5) is 4.39 Å². The van der Waals surface area contributed by atoms with E-state index in [4.69, 9.17) is 9.84 Å². The molecule has 1 aliphatic heterocycles. The molecule has 0 bridgehead atoms. The molecule has 2 heterocycles. The van der Waals surface area contributed by atoms with Gasteiger partial charge in [0.25, 0.3) is 5.56 Å². The van der Waals surface area contributed by atoms with E-state index in [1.165, 1.54) is 0 Å². The smallest absolute Gasteiger partial charge is 0.330 e. The number of ether oxygens (including phenoxy) is 1. The van der Waals surface area contributed by atoms with E-state index >= 15 is 0 Å². The van der Waals surface area contributed by atoms with Crippen molar-refractivity contribution in [3.05, 3.63) is 45.4 Å². The predicted molar refractivity (Wildman–Crippen MR) is 57.9 cm³/mol. The van der Waals surface area contributed by atoms with Gasteiger partial charge in [0.1, 0.15) is 18.0 Å². The lowest BCUT2D eigenvalue weighted by Gasteiger charge is -2.15. The Balaban J connectivity index is 2.38. The number of nitrogens with zero attached hydrogens (tertiary/aromatic N) is 1. The number of hydrogen-bond acceptors (Lipinski definition) is 5. The van der Waals surface area contributed by atoms with Crippen LogP contribution in [0.3, 0.4) is 0 Å². The van der Waals surface area contributed by atoms with E-state index in [1.54, 1.807) is 0 Å². The van der Waals surface area contributed by atoms with Crippen molar-refractivity contribution in [1.82, 2.24) is 9.55 Å². The number of halogens is 1. The van der Waals surface area contributed by atoms with Gasteiger partial charge < -0.3 is 14.9 Å². The van der Waals surface area contributed by atoms with Crippen molar-refractivity contribution in [3.8, 4) is 0 Å². The van der Waals surface area contributed by atoms with Crippen LogP contribution in [0.5, 0.6) is 0 Å². The van der Waals surface area contributed by atoms with Crippen molar-refractivity contribution in [1.29, 1.82) is 0 Å². The van der Waals surface area contributed by atoms with Gasteiger partial charge in [-0.05, 0) is 0 Å². The summed E-state index contributed by atoms with van der Waals surface area (Å²) in [4.78, 5) is 24.3. The normalized spacial score (nSPS) is 31.4. The van der Waals surface area contributed by atoms with Gasteiger partial charge in [0.15, 0.2) is 12.4 Å². The monoisotopic (exact) mass is 258 g/mol. The molecule has 1 aromatic heterocycles. The number of rotatable bonds is 2. The molecule has 0 aromatic carbocycles. The first-order valence-electron chi connectivity index (χ1n) is 5.08. The van der Waals surface area contributed by atoms with Gasteiger partial charge in [-0.25, -0.2) is 9.18 Å². The van der Waals surface area contributed by atoms with Crippen LogP contribution in [0.1, 0.15) is 6.23 Å². The highest BCUT2D eigenvalue weighted by Crippen LogP contribution is 2.32. The average Bonchev–Trinajstić information content (AvgIpc) is 2.57. The topological polar surface area (TPSA) is 105 Å². The molecule has 1 aliphatic rings. The molecule has 1 aromatic rings. The molecule has 1 saturated heterocycles. The number of H-pyrrole nitrogens is 1. The van der Waals surface area contributed by atoms with Crippen LogP contribution in [-0.2, 0) is 4.74 Å². The number of nitrogens with one attached hydrogen (secondary N) is 1. The fourth-order valence-corrected chi connectivity index (χ4v) is 1.76. The maximum absolute atomic E-state index is 13.8. The van der Waals surface area contributed by atoms with Gasteiger partial charge in [-0.15, -0.1) is 0 Å². The first-order valence-corrected chi connectivity index (χ1v) is 5.08. The van der Waals surface area contributed by atoms with Gasteiger partial charge in [-0.2, -0.15) is 0 Å². The van der Waals surface area contributed by atoms with Crippen LogP contribution < -0.4 is 11.2 Å². The largest absolute Gasteiger partial charge is 0.510 e. The summed E-state index contributed by atoms with van der Waals surface area (Å²) in [5, 5.41) is 18.6. The van der Waals surface area contributed by atoms with Crippen molar-refractivity contribution in [2.24, 2.45) is 0 Å². The summed E-state index contributed by atoms with van der Waals surface area (Å²) in [6.45, 7) is 3.15. The van der Waals surface area contributed by atoms with Gasteiger partial charge in [-0.3, -0.25) is 14.3 Å². The van der Waals surface area contributed by atoms with Gasteiger partial charge in [0, 0.05) is 12.3 Å². The summed E-state index contributed by atoms with van der Waals surface area (Å²) in [7, 11) is 0. The molecule has 7 nitrogen and oxygen atoms in total. The second-order valence-corrected chi connectivity index (χ2v) is 3.89. The summed E-state index contributed by atoms with van der Waals surface area (Å²) in [6, 6.07) is 1.02. The molecule has 0 unspecified atom stereocenters. The Morgan fingerprint density at radius 2 is 2.22 bits per heavy atom. The molecule has 0 spiro atoms. The third kappa shape index (κ3) is 1.95. The van der Waals surface area contributed by atoms with E-state index in [1.807, 2.05) is 4.98 Å². The maximum atomic E-state index is 13.8. The molecule has 0 aliphatic carbocycles. The second kappa shape index (κ2) is 4.39. The molecule has 0 amide bonds. The minimum absolute atomic E-state index is 0.537. The Bertz CT molecular complexity index is 580. The zero-order valence-electron chi connectivity index (χ0n) is 9.12. The Kier molecular flexibility index (Phi) is 3.05. The van der Waals surface area contributed by atoms with E-state index in [2.05, 4.69) is 6.58 Å². The van der Waals surface area contributed by atoms with Crippen molar-refractivity contribution < 1.29 is 19.3 Å². The first-order chi connectivity index (χ1) is 8.41. The van der Waals surface area contributed by atoms with Crippen LogP contribution in [0, 0.1) is 0 Å². The quantitative estimate of drug-likeness (QED) is 0.603. The molecule has 8 heteroatoms. The number of aromatic nitrogens is 2. The summed E-state index contributed by atoms with van der Waals surface area (Å²) in [5.74, 6) is -0.537. The highest BCUT2D eigenvalue weighted by molar-refractivity contribution is 5.03. The minimum atomic E-state index is -1.93. The first kappa shape index (κ1) is 12.5. The van der Waals surface area contributed by atoms with Crippen molar-refractivity contribution in [2.75, 3.05) is 0 Å². The lowest BCUT2D eigenvalue weighted by molar-refractivity contribution is -0.0256. The maximum Gasteiger partial charge on any atom is 0.330 e. The molecule has 0 radical (unpaired) electrons. The summed E-state index contributed by atoms with van der Waals surface area (Å²) < 4.78 is 19.6. The van der Waals surface area contributed by atoms with E-state index < -0.39 is 41.6 Å². The lowest BCUT2D eigenvalue weighted by Crippen LogP contribution is -2.35. The zero-order chi connectivity index (χ0) is 13.4. The molecule has 1 fully saturated rings. The summed E-state index contributed by atoms with van der Waals surface area (Å²) in [6.07, 6.45) is -5.26. The van der Waals surface area contributed by atoms with Gasteiger partial charge in [0.05, 0.1) is 0 Å². The van der Waals surface area contributed by atoms with E-state index in [0.717, 1.165) is 16.8 Å². The lowest BCUT2D eigenvalue weighted by atomic mass is 10.1. The molecule has 4 atom stereocenters. The van der Waals surface area contributed by atoms with Crippen LogP contribution >= 0.6 is 0 Å². The molecule has 3 N–H and O–H groups in total. The van der Waals surface area contributed by atoms with Crippen molar-refractivity contribution in [3.63, 3.8) is 0 Å². The SMILES string of the molecule is C=C(O)[C@@H]1O[C@H](n2ccc(=O)[nH]c2=O)[C@@H](F)[C@H]1O. The third-order valence-corrected chi connectivity index (χ3v) is 2.65. The van der Waals surface area contributed by atoms with Crippen LogP contribution in [0.25, 0.3) is 0 Å². The van der Waals surface area contributed by atoms with Crippen LogP contribution in [0.15, 0.2) is 34.2 Å². The fraction of sp³-hybridized carbons (Fsp3) is 0.400. The summed E-state index contributed by atoms with van der Waals surface area (Å²) >= 11 is 0. The summed E-state index contributed by atoms with van der Waals surface area (Å²) in [5.41, 5.74) is -1.50. The average molecular weight is 258 g/mol. The number of aliphatic hydroxyl groups excluding tert-OH is 2. The molecule has 0 saturated carbocycles. The standard InChI is InChI=1S/C10H11FN2O5/c1-4(14)8-7(16)6(11)9(18-8)13-3-2-5(15)12-10(13)17/h2-3,6-9,14,16H,1H2,(H,12,15,17)/t6-,7+,8-,9-/m0/s1. The number of alkyl halides is 1. The van der Waals surface area contributed by atoms with Gasteiger partial charge >= 0.3 is 5.69 Å². The molecule has 18 heavy (non-hydrogen) atoms. The number of aromatic amines is 1. The Morgan fingerprint density at radius 3 is 2.72 bits per heavy atom. The van der Waals surface area contributed by atoms with Gasteiger partial charge in [-0.1, -0.05) is 6.58 Å². The van der Waals surface area contributed by atoms with Crippen molar-refractivity contribution in [2.45, 2.75) is 24.6 Å². The van der Waals surface area contributed by atoms with E-state index in [9.17, 15) is 19.1 Å². The molecule has 2 rings (SSSR count). The highest BCUT2D eigenvalue weighted by atomic mass is 19.1. The molecular formula is C10H11FN2O5. The Labute approximate surface area is 99.8 Å². The van der Waals surface area contributed by atoms with Crippen molar-refractivity contribution >= 4 is 0 Å². The Morgan fingerprint density at radius 1 is 1.56 bits per heavy atom. The Hall–Kier alpha value is -1.93. The van der Waals surface area contributed by atoms with E-state index in [0.29, 0.717) is 0 Å². The minimum Gasteiger partial charge on any atom is -0.510 e. The molecular weight excluding hydrogens is 247 g/mol. The molecule has 98 valence electrons. The third-order valence-electron chi connectivity index (χ3n) is 2.65. The zero-order valence-corrected chi connectivity index (χ0v) is 9.12. The van der Waals surface area contributed by atoms with E-state index in [-0.39, 0.29) is 0 Å².